The third kappa shape index (κ3) is 1.55. The van der Waals surface area contributed by atoms with Gasteiger partial charge in [0.1, 0.15) is 5.66 Å². The second-order valence-corrected chi connectivity index (χ2v) is 5.64. The Balaban J connectivity index is 2.39. The van der Waals surface area contributed by atoms with E-state index in [0.717, 1.165) is 13.1 Å². The molecule has 0 radical (unpaired) electrons. The summed E-state index contributed by atoms with van der Waals surface area (Å²) in [4.78, 5) is 5.01. The highest BCUT2D eigenvalue weighted by Gasteiger charge is 2.37. The summed E-state index contributed by atoms with van der Waals surface area (Å²) in [6.07, 6.45) is 0. The maximum Gasteiger partial charge on any atom is 0.107 e. The summed E-state index contributed by atoms with van der Waals surface area (Å²) in [7, 11) is 0. The van der Waals surface area contributed by atoms with E-state index in [2.05, 4.69) is 73.9 Å². The fraction of sp³-hybridized carbons (Fsp3) is 0.412. The Labute approximate surface area is 115 Å². The number of rotatable bonds is 2. The van der Waals surface area contributed by atoms with Crippen molar-refractivity contribution in [2.24, 2.45) is 0 Å². The second kappa shape index (κ2) is 4.16. The van der Waals surface area contributed by atoms with Gasteiger partial charge in [0, 0.05) is 29.9 Å². The van der Waals surface area contributed by atoms with Gasteiger partial charge in [0.15, 0.2) is 0 Å². The lowest BCUT2D eigenvalue weighted by Gasteiger charge is -2.52. The first-order chi connectivity index (χ1) is 9.11. The van der Waals surface area contributed by atoms with Gasteiger partial charge in [-0.2, -0.15) is 0 Å². The molecule has 3 rings (SSSR count). The van der Waals surface area contributed by atoms with Crippen LogP contribution < -0.4 is 9.80 Å². The van der Waals surface area contributed by atoms with Crippen molar-refractivity contribution in [3.05, 3.63) is 36.4 Å². The zero-order valence-electron chi connectivity index (χ0n) is 12.3. The highest BCUT2D eigenvalue weighted by molar-refractivity contribution is 6.06. The van der Waals surface area contributed by atoms with E-state index in [0.29, 0.717) is 0 Å². The third-order valence-corrected chi connectivity index (χ3v) is 4.40. The van der Waals surface area contributed by atoms with Crippen LogP contribution in [0.2, 0.25) is 0 Å². The molecule has 0 atom stereocenters. The summed E-state index contributed by atoms with van der Waals surface area (Å²) >= 11 is 0. The van der Waals surface area contributed by atoms with E-state index in [4.69, 9.17) is 0 Å². The molecule has 2 heteroatoms. The molecule has 2 aromatic rings. The van der Waals surface area contributed by atoms with Gasteiger partial charge in [0.05, 0.1) is 0 Å². The van der Waals surface area contributed by atoms with Gasteiger partial charge in [-0.3, -0.25) is 0 Å². The lowest BCUT2D eigenvalue weighted by Crippen LogP contribution is -2.59. The SMILES string of the molecule is CCN1c2cccc3cccc(c23)N(CC)C1(C)C. The smallest absolute Gasteiger partial charge is 0.107 e. The summed E-state index contributed by atoms with van der Waals surface area (Å²) in [6.45, 7) is 11.2. The predicted molar refractivity (Wildman–Crippen MR) is 84.1 cm³/mol. The zero-order valence-corrected chi connectivity index (χ0v) is 12.3. The van der Waals surface area contributed by atoms with Crippen molar-refractivity contribution >= 4 is 22.1 Å². The van der Waals surface area contributed by atoms with Crippen LogP contribution in [0.15, 0.2) is 36.4 Å². The van der Waals surface area contributed by atoms with E-state index in [1.165, 1.54) is 22.1 Å². The summed E-state index contributed by atoms with van der Waals surface area (Å²) in [5.41, 5.74) is 2.75. The normalized spacial score (nSPS) is 17.1. The molecule has 0 amide bonds. The summed E-state index contributed by atoms with van der Waals surface area (Å²) < 4.78 is 0. The Morgan fingerprint density at radius 1 is 0.842 bits per heavy atom. The van der Waals surface area contributed by atoms with Crippen LogP contribution in [0.4, 0.5) is 11.4 Å². The lowest BCUT2D eigenvalue weighted by atomic mass is 9.96. The summed E-state index contributed by atoms with van der Waals surface area (Å²) in [5, 5.41) is 2.73. The van der Waals surface area contributed by atoms with Crippen molar-refractivity contribution in [2.75, 3.05) is 22.9 Å². The second-order valence-electron chi connectivity index (χ2n) is 5.64. The van der Waals surface area contributed by atoms with Crippen LogP contribution in [0.25, 0.3) is 10.8 Å². The molecule has 0 aliphatic carbocycles. The van der Waals surface area contributed by atoms with E-state index >= 15 is 0 Å². The number of hydrogen-bond acceptors (Lipinski definition) is 2. The van der Waals surface area contributed by atoms with Gasteiger partial charge < -0.3 is 9.80 Å². The molecule has 0 fully saturated rings. The molecule has 0 N–H and O–H groups in total. The van der Waals surface area contributed by atoms with Crippen molar-refractivity contribution in [1.29, 1.82) is 0 Å². The van der Waals surface area contributed by atoms with Gasteiger partial charge in [0.2, 0.25) is 0 Å². The molecule has 19 heavy (non-hydrogen) atoms. The molecule has 2 aromatic carbocycles. The first-order valence-corrected chi connectivity index (χ1v) is 7.18. The molecule has 0 saturated heterocycles. The van der Waals surface area contributed by atoms with Crippen molar-refractivity contribution in [3.63, 3.8) is 0 Å². The predicted octanol–water partition coefficient (Wildman–Crippen LogP) is 4.24. The Kier molecular flexibility index (Phi) is 2.70. The topological polar surface area (TPSA) is 6.48 Å². The zero-order chi connectivity index (χ0) is 13.6. The molecule has 0 unspecified atom stereocenters. The van der Waals surface area contributed by atoms with Crippen LogP contribution in [0.3, 0.4) is 0 Å². The van der Waals surface area contributed by atoms with Gasteiger partial charge in [-0.25, -0.2) is 0 Å². The molecule has 0 spiro atoms. The molecular weight excluding hydrogens is 232 g/mol. The van der Waals surface area contributed by atoms with Gasteiger partial charge in [-0.1, -0.05) is 24.3 Å². The molecule has 1 aliphatic rings. The van der Waals surface area contributed by atoms with Crippen molar-refractivity contribution in [3.8, 4) is 0 Å². The standard InChI is InChI=1S/C17H22N2/c1-5-18-14-11-7-9-13-10-8-12-15(16(13)14)19(6-2)17(18,3)4/h7-12H,5-6H2,1-4H3. The average Bonchev–Trinajstić information content (AvgIpc) is 2.39. The highest BCUT2D eigenvalue weighted by Crippen LogP contribution is 2.45. The number of anilines is 2. The lowest BCUT2D eigenvalue weighted by molar-refractivity contribution is 0.437. The Hall–Kier alpha value is -1.70. The molecule has 2 nitrogen and oxygen atoms in total. The first-order valence-electron chi connectivity index (χ1n) is 7.18. The fourth-order valence-electron chi connectivity index (χ4n) is 3.60. The fourth-order valence-corrected chi connectivity index (χ4v) is 3.60. The van der Waals surface area contributed by atoms with Gasteiger partial charge in [-0.15, -0.1) is 0 Å². The number of nitrogens with zero attached hydrogens (tertiary/aromatic N) is 2. The van der Waals surface area contributed by atoms with E-state index in [1.54, 1.807) is 0 Å². The Morgan fingerprint density at radius 3 is 1.74 bits per heavy atom. The van der Waals surface area contributed by atoms with Crippen LogP contribution in [-0.2, 0) is 0 Å². The third-order valence-electron chi connectivity index (χ3n) is 4.40. The van der Waals surface area contributed by atoms with E-state index in [1.807, 2.05) is 0 Å². The Morgan fingerprint density at radius 2 is 1.32 bits per heavy atom. The number of hydrogen-bond donors (Lipinski definition) is 0. The minimum Gasteiger partial charge on any atom is -0.349 e. The first kappa shape index (κ1) is 12.3. The van der Waals surface area contributed by atoms with Crippen LogP contribution in [0, 0.1) is 0 Å². The Bertz CT molecular complexity index is 567. The van der Waals surface area contributed by atoms with Gasteiger partial charge in [-0.05, 0) is 45.2 Å². The van der Waals surface area contributed by atoms with Crippen molar-refractivity contribution in [2.45, 2.75) is 33.4 Å². The maximum atomic E-state index is 2.51. The maximum absolute atomic E-state index is 2.51. The molecule has 1 aliphatic heterocycles. The van der Waals surface area contributed by atoms with Crippen LogP contribution in [-0.4, -0.2) is 18.8 Å². The molecule has 0 aromatic heterocycles. The van der Waals surface area contributed by atoms with E-state index in [9.17, 15) is 0 Å². The molecule has 1 heterocycles. The summed E-state index contributed by atoms with van der Waals surface area (Å²) in [6, 6.07) is 13.3. The monoisotopic (exact) mass is 254 g/mol. The van der Waals surface area contributed by atoms with Crippen LogP contribution in [0.1, 0.15) is 27.7 Å². The van der Waals surface area contributed by atoms with Gasteiger partial charge in [0.25, 0.3) is 0 Å². The quantitative estimate of drug-likeness (QED) is 0.791. The average molecular weight is 254 g/mol. The molecule has 0 bridgehead atoms. The largest absolute Gasteiger partial charge is 0.349 e. The molecule has 0 saturated carbocycles. The van der Waals surface area contributed by atoms with Crippen molar-refractivity contribution in [1.82, 2.24) is 0 Å². The van der Waals surface area contributed by atoms with Crippen LogP contribution >= 0.6 is 0 Å². The minimum atomic E-state index is 0.0200. The highest BCUT2D eigenvalue weighted by atomic mass is 15.4. The van der Waals surface area contributed by atoms with E-state index < -0.39 is 0 Å². The van der Waals surface area contributed by atoms with Gasteiger partial charge >= 0.3 is 0 Å². The van der Waals surface area contributed by atoms with Crippen molar-refractivity contribution < 1.29 is 0 Å². The molecular formula is C17H22N2. The minimum absolute atomic E-state index is 0.0200. The molecule has 100 valence electrons. The van der Waals surface area contributed by atoms with Crippen LogP contribution in [0.5, 0.6) is 0 Å². The number of benzene rings is 2. The summed E-state index contributed by atoms with van der Waals surface area (Å²) in [5.74, 6) is 0. The van der Waals surface area contributed by atoms with E-state index in [-0.39, 0.29) is 5.66 Å².